The first-order chi connectivity index (χ1) is 12.1. The molecule has 1 aliphatic rings. The van der Waals surface area contributed by atoms with E-state index >= 15 is 0 Å². The summed E-state index contributed by atoms with van der Waals surface area (Å²) in [7, 11) is 0. The van der Waals surface area contributed by atoms with Crippen LogP contribution in [0.15, 0.2) is 60.7 Å². The van der Waals surface area contributed by atoms with Gasteiger partial charge in [0, 0.05) is 6.54 Å². The van der Waals surface area contributed by atoms with Crippen molar-refractivity contribution in [2.45, 2.75) is 38.8 Å². The monoisotopic (exact) mass is 336 g/mol. The van der Waals surface area contributed by atoms with Crippen LogP contribution in [-0.4, -0.2) is 29.9 Å². The average Bonchev–Trinajstić information content (AvgIpc) is 2.66. The number of hydrogen-bond acceptors (Lipinski definition) is 2. The molecule has 1 aliphatic heterocycles. The number of carbonyl (C=O) groups is 1. The molecule has 3 rings (SSSR count). The van der Waals surface area contributed by atoms with E-state index in [1.807, 2.05) is 43.3 Å². The highest BCUT2D eigenvalue weighted by Gasteiger charge is 2.27. The van der Waals surface area contributed by atoms with Crippen molar-refractivity contribution in [1.82, 2.24) is 10.2 Å². The van der Waals surface area contributed by atoms with Gasteiger partial charge in [-0.05, 0) is 43.4 Å². The third-order valence-electron chi connectivity index (χ3n) is 5.17. The highest BCUT2D eigenvalue weighted by atomic mass is 16.2. The molecule has 1 saturated heterocycles. The van der Waals surface area contributed by atoms with Gasteiger partial charge in [-0.1, -0.05) is 67.6 Å². The van der Waals surface area contributed by atoms with Crippen molar-refractivity contribution in [3.05, 3.63) is 71.8 Å². The minimum atomic E-state index is -0.112. The van der Waals surface area contributed by atoms with Gasteiger partial charge in [-0.25, -0.2) is 0 Å². The van der Waals surface area contributed by atoms with Gasteiger partial charge in [0.2, 0.25) is 5.91 Å². The topological polar surface area (TPSA) is 32.3 Å². The lowest BCUT2D eigenvalue weighted by atomic mass is 9.97. The van der Waals surface area contributed by atoms with Gasteiger partial charge in [0.15, 0.2) is 0 Å². The highest BCUT2D eigenvalue weighted by molar-refractivity contribution is 5.82. The van der Waals surface area contributed by atoms with E-state index in [1.165, 1.54) is 12.8 Å². The van der Waals surface area contributed by atoms with Crippen molar-refractivity contribution in [2.24, 2.45) is 5.92 Å². The second kappa shape index (κ2) is 8.30. The summed E-state index contributed by atoms with van der Waals surface area (Å²) in [5.74, 6) is 0.773. The Balaban J connectivity index is 1.77. The minimum absolute atomic E-state index is 0.0994. The van der Waals surface area contributed by atoms with Gasteiger partial charge in [-0.2, -0.15) is 0 Å². The smallest absolute Gasteiger partial charge is 0.237 e. The molecular weight excluding hydrogens is 308 g/mol. The number of likely N-dealkylation sites (tertiary alicyclic amines) is 1. The zero-order valence-electron chi connectivity index (χ0n) is 15.2. The van der Waals surface area contributed by atoms with E-state index in [0.717, 1.165) is 24.2 Å². The summed E-state index contributed by atoms with van der Waals surface area (Å²) in [6, 6.07) is 20.2. The Morgan fingerprint density at radius 3 is 2.12 bits per heavy atom. The van der Waals surface area contributed by atoms with Crippen LogP contribution in [0.25, 0.3) is 0 Å². The molecule has 25 heavy (non-hydrogen) atoms. The Labute approximate surface area is 151 Å². The maximum Gasteiger partial charge on any atom is 0.237 e. The van der Waals surface area contributed by atoms with Gasteiger partial charge in [-0.15, -0.1) is 0 Å². The first-order valence-corrected chi connectivity index (χ1v) is 9.29. The van der Waals surface area contributed by atoms with Gasteiger partial charge in [0.25, 0.3) is 0 Å². The van der Waals surface area contributed by atoms with Gasteiger partial charge < -0.3 is 5.32 Å². The van der Waals surface area contributed by atoms with Crippen LogP contribution >= 0.6 is 0 Å². The zero-order valence-corrected chi connectivity index (χ0v) is 15.2. The van der Waals surface area contributed by atoms with Crippen molar-refractivity contribution in [3.63, 3.8) is 0 Å². The molecule has 0 unspecified atom stereocenters. The molecule has 0 saturated carbocycles. The molecule has 1 fully saturated rings. The zero-order chi connectivity index (χ0) is 17.6. The predicted octanol–water partition coefficient (Wildman–Crippen LogP) is 4.01. The molecule has 0 aliphatic carbocycles. The van der Waals surface area contributed by atoms with Crippen molar-refractivity contribution in [3.8, 4) is 0 Å². The molecule has 0 aromatic heterocycles. The molecule has 3 heteroatoms. The Bertz CT molecular complexity index is 631. The predicted molar refractivity (Wildman–Crippen MR) is 102 cm³/mol. The summed E-state index contributed by atoms with van der Waals surface area (Å²) in [6.07, 6.45) is 2.45. The van der Waals surface area contributed by atoms with Crippen molar-refractivity contribution < 1.29 is 4.79 Å². The van der Waals surface area contributed by atoms with E-state index in [4.69, 9.17) is 0 Å². The molecule has 1 heterocycles. The van der Waals surface area contributed by atoms with E-state index < -0.39 is 0 Å². The fraction of sp³-hybridized carbons (Fsp3) is 0.409. The minimum Gasteiger partial charge on any atom is -0.344 e. The van der Waals surface area contributed by atoms with Gasteiger partial charge >= 0.3 is 0 Å². The van der Waals surface area contributed by atoms with Crippen LogP contribution < -0.4 is 5.32 Å². The normalized spacial score (nSPS) is 19.6. The maximum absolute atomic E-state index is 13.0. The number of piperidine rings is 1. The molecule has 1 amide bonds. The lowest BCUT2D eigenvalue weighted by molar-refractivity contribution is -0.127. The lowest BCUT2D eigenvalue weighted by Crippen LogP contribution is -2.49. The Kier molecular flexibility index (Phi) is 5.87. The molecule has 1 N–H and O–H groups in total. The van der Waals surface area contributed by atoms with Crippen LogP contribution in [0.4, 0.5) is 0 Å². The Hall–Kier alpha value is -2.13. The fourth-order valence-electron chi connectivity index (χ4n) is 3.66. The molecule has 2 aromatic carbocycles. The molecule has 132 valence electrons. The molecule has 2 aromatic rings. The summed E-state index contributed by atoms with van der Waals surface area (Å²) in [5.41, 5.74) is 2.22. The standard InChI is InChI=1S/C22H28N2O/c1-17-10-9-15-24(16-17)18(2)22(25)23-21(19-11-5-3-6-12-19)20-13-7-4-8-14-20/h3-8,11-14,17-18,21H,9-10,15-16H2,1-2H3,(H,23,25)/t17-,18-/m1/s1. The Morgan fingerprint density at radius 2 is 1.60 bits per heavy atom. The number of hydrogen-bond donors (Lipinski definition) is 1. The maximum atomic E-state index is 13.0. The van der Waals surface area contributed by atoms with E-state index in [1.54, 1.807) is 0 Å². The van der Waals surface area contributed by atoms with Crippen molar-refractivity contribution >= 4 is 5.91 Å². The fourth-order valence-corrected chi connectivity index (χ4v) is 3.66. The van der Waals surface area contributed by atoms with E-state index in [0.29, 0.717) is 5.92 Å². The van der Waals surface area contributed by atoms with Gasteiger partial charge in [0.05, 0.1) is 12.1 Å². The van der Waals surface area contributed by atoms with Gasteiger partial charge in [-0.3, -0.25) is 9.69 Å². The summed E-state index contributed by atoms with van der Waals surface area (Å²) < 4.78 is 0. The number of nitrogens with one attached hydrogen (secondary N) is 1. The third kappa shape index (κ3) is 4.49. The van der Waals surface area contributed by atoms with E-state index in [2.05, 4.69) is 41.4 Å². The third-order valence-corrected chi connectivity index (χ3v) is 5.17. The van der Waals surface area contributed by atoms with Crippen molar-refractivity contribution in [2.75, 3.05) is 13.1 Å². The largest absolute Gasteiger partial charge is 0.344 e. The van der Waals surface area contributed by atoms with E-state index in [9.17, 15) is 4.79 Å². The Morgan fingerprint density at radius 1 is 1.04 bits per heavy atom. The summed E-state index contributed by atoms with van der Waals surface area (Å²) in [5, 5.41) is 3.28. The van der Waals surface area contributed by atoms with Crippen LogP contribution in [0.3, 0.4) is 0 Å². The van der Waals surface area contributed by atoms with Crippen LogP contribution in [0, 0.1) is 5.92 Å². The van der Waals surface area contributed by atoms with Gasteiger partial charge in [0.1, 0.15) is 0 Å². The van der Waals surface area contributed by atoms with E-state index in [-0.39, 0.29) is 18.0 Å². The number of rotatable bonds is 5. The summed E-state index contributed by atoms with van der Waals surface area (Å²) >= 11 is 0. The molecule has 0 bridgehead atoms. The first kappa shape index (κ1) is 17.7. The quantitative estimate of drug-likeness (QED) is 0.894. The summed E-state index contributed by atoms with van der Waals surface area (Å²) in [4.78, 5) is 15.3. The second-order valence-corrected chi connectivity index (χ2v) is 7.18. The second-order valence-electron chi connectivity index (χ2n) is 7.18. The average molecular weight is 336 g/mol. The van der Waals surface area contributed by atoms with Crippen LogP contribution in [0.1, 0.15) is 43.9 Å². The number of benzene rings is 2. The van der Waals surface area contributed by atoms with Crippen LogP contribution in [-0.2, 0) is 4.79 Å². The molecule has 0 radical (unpaired) electrons. The summed E-state index contributed by atoms with van der Waals surface area (Å²) in [6.45, 7) is 6.32. The number of carbonyl (C=O) groups excluding carboxylic acids is 1. The number of amides is 1. The first-order valence-electron chi connectivity index (χ1n) is 9.29. The molecule has 2 atom stereocenters. The lowest BCUT2D eigenvalue weighted by Gasteiger charge is -2.35. The number of nitrogens with zero attached hydrogens (tertiary/aromatic N) is 1. The molecule has 3 nitrogen and oxygen atoms in total. The SMILES string of the molecule is C[C@@H]1CCCN([C@H](C)C(=O)NC(c2ccccc2)c2ccccc2)C1. The molecule has 0 spiro atoms. The molecular formula is C22H28N2O. The van der Waals surface area contributed by atoms with Crippen LogP contribution in [0.5, 0.6) is 0 Å². The highest BCUT2D eigenvalue weighted by Crippen LogP contribution is 2.23. The van der Waals surface area contributed by atoms with Crippen molar-refractivity contribution in [1.29, 1.82) is 0 Å². The van der Waals surface area contributed by atoms with Crippen LogP contribution in [0.2, 0.25) is 0 Å².